The van der Waals surface area contributed by atoms with Crippen molar-refractivity contribution in [3.8, 4) is 46.0 Å². The van der Waals surface area contributed by atoms with Gasteiger partial charge in [0.05, 0.1) is 0 Å². The number of rotatable bonds is 44. The van der Waals surface area contributed by atoms with E-state index in [1.165, 1.54) is 44.5 Å². The summed E-state index contributed by atoms with van der Waals surface area (Å²) in [5, 5.41) is 96.2. The maximum atomic E-state index is 11.0. The van der Waals surface area contributed by atoms with Crippen LogP contribution in [0.5, 0.6) is 46.0 Å². The lowest BCUT2D eigenvalue weighted by atomic mass is 9.75. The van der Waals surface area contributed by atoms with E-state index in [1.54, 1.807) is 6.07 Å². The molecule has 0 aliphatic carbocycles. The first-order valence-electron chi connectivity index (χ1n) is 48.5. The number of benzene rings is 9. The van der Waals surface area contributed by atoms with Gasteiger partial charge in [-0.3, -0.25) is 0 Å². The highest BCUT2D eigenvalue weighted by atomic mass is 16.3. The van der Waals surface area contributed by atoms with E-state index in [2.05, 4.69) is 235 Å². The molecule has 139 heavy (non-hydrogen) atoms. The third-order valence-electron chi connectivity index (χ3n) is 22.4. The molecular weight excluding hydrogens is 1740 g/mol. The standard InChI is InChI=1S/C27H44N4O2.C25H40N4O2.C15H27N3O.C13H22N2O.2C12H20N2O.C9H13N/c1-27(2,23-13-19(9-11-28-3)25(32)20(14-23)10-12-29-4)24-15-21(17-30(5)6)26(33)22(16-24)18-31(7)8;1-26-9-7-20-12-18(13-21(24(20)30)8-10-27-2)11-19-14-22(16-28(3)4)25(31)23(15-19)17-29(5)6;1-16(2)9-12-7-13(10-17(3)4)15(19)14(8-12)11-18(5)6;1-10-6-11(8-14(2)3)7-12(13(10)16)9-15(4)5;1-13(2)8-10-5-6-12(15)11(7-10)9-14(3)4;1-13(2)8-10-6-5-7-11(12(10)15)9-14(3)4;1-10(2)8-9-6-4-3-5-7-9/h13-16,28-29,32-33H,9-12,17-18H2,1-8H3;12-15,26-27,30-31H,7-11,16-17H2,1-6H3;7-8,19H,9-11H2,1-6H3;6-7,16H,8-9H2,1-5H3;2*5-7,15H,8-9H2,1-4H3;3-7H,8H2,1-2H3. The fourth-order valence-electron chi connectivity index (χ4n) is 16.3. The highest BCUT2D eigenvalue weighted by Crippen LogP contribution is 2.41. The van der Waals surface area contributed by atoms with Crippen LogP contribution in [0.1, 0.15) is 142 Å². The maximum Gasteiger partial charge on any atom is 0.124 e. The fourth-order valence-corrected chi connectivity index (χ4v) is 16.3. The minimum Gasteiger partial charge on any atom is -0.508 e. The average Bonchev–Trinajstić information content (AvgIpc) is 0.764. The molecule has 9 aromatic rings. The van der Waals surface area contributed by atoms with Gasteiger partial charge in [-0.25, -0.2) is 0 Å². The van der Waals surface area contributed by atoms with Gasteiger partial charge >= 0.3 is 0 Å². The quantitative estimate of drug-likeness (QED) is 0.0169. The van der Waals surface area contributed by atoms with Gasteiger partial charge in [0.2, 0.25) is 0 Å². The normalized spacial score (nSPS) is 11.6. The number of aryl methyl sites for hydroxylation is 1. The number of nitrogens with zero attached hydrogens (tertiary/aromatic N) is 14. The molecule has 0 saturated heterocycles. The van der Waals surface area contributed by atoms with Crippen LogP contribution in [-0.4, -0.2) is 361 Å². The predicted molar refractivity (Wildman–Crippen MR) is 585 cm³/mol. The molecule has 0 saturated carbocycles. The lowest BCUT2D eigenvalue weighted by Crippen LogP contribution is -2.23. The van der Waals surface area contributed by atoms with Crippen LogP contribution >= 0.6 is 0 Å². The summed E-state index contributed by atoms with van der Waals surface area (Å²) >= 11 is 0. The predicted octanol–water partition coefficient (Wildman–Crippen LogP) is 13.6. The molecular formula is C113H186N18O8. The van der Waals surface area contributed by atoms with Crippen molar-refractivity contribution in [3.05, 3.63) is 267 Å². The van der Waals surface area contributed by atoms with Gasteiger partial charge in [0.15, 0.2) is 0 Å². The molecule has 0 atom stereocenters. The molecule has 0 heterocycles. The Morgan fingerprint density at radius 3 is 0.741 bits per heavy atom. The van der Waals surface area contributed by atoms with E-state index in [-0.39, 0.29) is 5.41 Å². The van der Waals surface area contributed by atoms with Crippen LogP contribution in [0.3, 0.4) is 0 Å². The smallest absolute Gasteiger partial charge is 0.124 e. The van der Waals surface area contributed by atoms with Gasteiger partial charge in [-0.05, 0) is 406 Å². The first-order chi connectivity index (χ1) is 65.2. The Morgan fingerprint density at radius 2 is 0.432 bits per heavy atom. The zero-order valence-electron chi connectivity index (χ0n) is 92.4. The monoisotopic (exact) mass is 1920 g/mol. The van der Waals surface area contributed by atoms with E-state index in [9.17, 15) is 40.9 Å². The van der Waals surface area contributed by atoms with Crippen molar-refractivity contribution in [2.24, 2.45) is 0 Å². The Balaban J connectivity index is 0.000000432. The fraction of sp³-hybridized carbons (Fsp3) is 0.522. The number of hydrogen-bond donors (Lipinski definition) is 12. The minimum absolute atomic E-state index is 0.299. The molecule has 9 aromatic carbocycles. The van der Waals surface area contributed by atoms with E-state index >= 15 is 0 Å². The summed E-state index contributed by atoms with van der Waals surface area (Å²) in [5.41, 5.74) is 24.1. The Morgan fingerprint density at radius 1 is 0.209 bits per heavy atom. The second kappa shape index (κ2) is 63.5. The molecule has 0 aliphatic heterocycles. The molecule has 0 aromatic heterocycles. The van der Waals surface area contributed by atoms with E-state index in [0.29, 0.717) is 72.2 Å². The number of nitrogens with one attached hydrogen (secondary N) is 4. The van der Waals surface area contributed by atoms with Gasteiger partial charge in [0, 0.05) is 153 Å². The Kier molecular flexibility index (Phi) is 56.6. The van der Waals surface area contributed by atoms with E-state index < -0.39 is 0 Å². The third kappa shape index (κ3) is 47.0. The van der Waals surface area contributed by atoms with Gasteiger partial charge in [-0.15, -0.1) is 0 Å². The maximum absolute atomic E-state index is 11.0. The summed E-state index contributed by atoms with van der Waals surface area (Å²) in [6, 6.07) is 47.6. The van der Waals surface area contributed by atoms with Crippen molar-refractivity contribution < 1.29 is 40.9 Å². The molecule has 0 radical (unpaired) electrons. The zero-order valence-corrected chi connectivity index (χ0v) is 92.4. The molecule has 0 amide bonds. The lowest BCUT2D eigenvalue weighted by Gasteiger charge is -2.30. The number of para-hydroxylation sites is 1. The molecule has 0 bridgehead atoms. The zero-order chi connectivity index (χ0) is 105. The van der Waals surface area contributed by atoms with E-state index in [0.717, 1.165) is 207 Å². The number of hydrogen-bond acceptors (Lipinski definition) is 26. The van der Waals surface area contributed by atoms with Crippen LogP contribution in [-0.2, 0) is 129 Å². The summed E-state index contributed by atoms with van der Waals surface area (Å²) in [6.45, 7) is 20.7. The first-order valence-corrected chi connectivity index (χ1v) is 48.5. The van der Waals surface area contributed by atoms with Crippen LogP contribution in [0.4, 0.5) is 0 Å². The lowest BCUT2D eigenvalue weighted by molar-refractivity contribution is 0.365. The molecule has 0 unspecified atom stereocenters. The molecule has 26 heteroatoms. The van der Waals surface area contributed by atoms with Gasteiger partial charge in [0.1, 0.15) is 46.0 Å². The van der Waals surface area contributed by atoms with Gasteiger partial charge in [-0.1, -0.05) is 111 Å². The summed E-state index contributed by atoms with van der Waals surface area (Å²) in [7, 11) is 64.4. The van der Waals surface area contributed by atoms with E-state index in [1.807, 2.05) is 235 Å². The van der Waals surface area contributed by atoms with Crippen molar-refractivity contribution in [1.29, 1.82) is 0 Å². The van der Waals surface area contributed by atoms with Crippen molar-refractivity contribution in [2.75, 3.05) is 252 Å². The second-order valence-electron chi connectivity index (χ2n) is 41.4. The minimum atomic E-state index is -0.299. The molecule has 0 spiro atoms. The largest absolute Gasteiger partial charge is 0.508 e. The van der Waals surface area contributed by atoms with Gasteiger partial charge in [-0.2, -0.15) is 0 Å². The SMILES string of the molecule is CN(C)Cc1cc(CN(C)C)c(O)c(CN(C)C)c1.CN(C)Cc1ccc(O)c(CN(C)C)c1.CN(C)Cc1cccc(CN(C)C)c1O.CN(C)Cc1ccccc1.CNCCc1cc(C(C)(C)c2cc(CN(C)C)c(O)c(CN(C)C)c2)cc(CCNC)c1O.CNCCc1cc(Cc2cc(CN(C)C)c(O)c(CN(C)C)c2)cc(CCNC)c1O.Cc1cc(CN(C)C)cc(CN(C)C)c1O. The van der Waals surface area contributed by atoms with E-state index in [4.69, 9.17) is 0 Å². The van der Waals surface area contributed by atoms with Gasteiger partial charge < -0.3 is 131 Å². The molecule has 0 aliphatic rings. The molecule has 776 valence electrons. The van der Waals surface area contributed by atoms with Crippen molar-refractivity contribution in [1.82, 2.24) is 89.9 Å². The number of phenolic OH excluding ortho intramolecular Hbond substituents is 8. The van der Waals surface area contributed by atoms with Crippen LogP contribution in [0.25, 0.3) is 0 Å². The van der Waals surface area contributed by atoms with Crippen molar-refractivity contribution in [2.45, 2.75) is 150 Å². The average molecular weight is 1920 g/mol. The van der Waals surface area contributed by atoms with Crippen molar-refractivity contribution >= 4 is 0 Å². The summed E-state index contributed by atoms with van der Waals surface area (Å²) < 4.78 is 0. The Bertz CT molecular complexity index is 4840. The number of phenols is 8. The summed E-state index contributed by atoms with van der Waals surface area (Å²) in [4.78, 5) is 29.2. The van der Waals surface area contributed by atoms with Crippen LogP contribution in [0.15, 0.2) is 140 Å². The second-order valence-corrected chi connectivity index (χ2v) is 41.4. The number of aromatic hydroxyl groups is 8. The van der Waals surface area contributed by atoms with Gasteiger partial charge in [0.25, 0.3) is 0 Å². The molecule has 12 N–H and O–H groups in total. The molecule has 26 nitrogen and oxygen atoms in total. The van der Waals surface area contributed by atoms with Crippen LogP contribution < -0.4 is 21.3 Å². The van der Waals surface area contributed by atoms with Crippen molar-refractivity contribution in [3.63, 3.8) is 0 Å². The first kappa shape index (κ1) is 124. The summed E-state index contributed by atoms with van der Waals surface area (Å²) in [6.07, 6.45) is 3.88. The molecule has 0 fully saturated rings. The van der Waals surface area contributed by atoms with Crippen LogP contribution in [0.2, 0.25) is 0 Å². The summed E-state index contributed by atoms with van der Waals surface area (Å²) in [5.74, 6) is 3.27. The Hall–Kier alpha value is -9.34. The van der Waals surface area contributed by atoms with Crippen LogP contribution in [0, 0.1) is 6.92 Å². The highest BCUT2D eigenvalue weighted by Gasteiger charge is 2.29. The highest BCUT2D eigenvalue weighted by molar-refractivity contribution is 5.54. The topological polar surface area (TPSA) is 255 Å². The Labute approximate surface area is 841 Å². The third-order valence-corrected chi connectivity index (χ3v) is 22.4. The number of likely N-dealkylation sites (N-methyl/N-ethyl adjacent to an activating group) is 4. The molecule has 9 rings (SSSR count).